The van der Waals surface area contributed by atoms with Gasteiger partial charge >= 0.3 is 0 Å². The van der Waals surface area contributed by atoms with Crippen molar-refractivity contribution in [2.45, 2.75) is 10.9 Å². The fourth-order valence-electron chi connectivity index (χ4n) is 3.81. The highest BCUT2D eigenvalue weighted by atomic mass is 32.2. The highest BCUT2D eigenvalue weighted by Gasteiger charge is 2.28. The van der Waals surface area contributed by atoms with E-state index in [0.717, 1.165) is 11.1 Å². The van der Waals surface area contributed by atoms with Gasteiger partial charge in [-0.3, -0.25) is 9.78 Å². The van der Waals surface area contributed by atoms with Gasteiger partial charge in [-0.15, -0.1) is 4.40 Å². The van der Waals surface area contributed by atoms with E-state index in [1.165, 1.54) is 6.07 Å². The van der Waals surface area contributed by atoms with Crippen molar-refractivity contribution >= 4 is 27.5 Å². The third-order valence-electron chi connectivity index (χ3n) is 5.49. The highest BCUT2D eigenvalue weighted by molar-refractivity contribution is 7.90. The summed E-state index contributed by atoms with van der Waals surface area (Å²) in [5.41, 5.74) is 3.50. The predicted molar refractivity (Wildman–Crippen MR) is 130 cm³/mol. The first-order chi connectivity index (χ1) is 16.5. The number of amidine groups is 1. The maximum absolute atomic E-state index is 13.1. The summed E-state index contributed by atoms with van der Waals surface area (Å²) in [6.45, 7) is 0. The zero-order valence-corrected chi connectivity index (χ0v) is 18.7. The second-order valence-electron chi connectivity index (χ2n) is 7.71. The normalized spacial score (nSPS) is 14.5. The largest absolute Gasteiger partial charge is 0.341 e. The lowest BCUT2D eigenvalue weighted by atomic mass is 9.99. The Balaban J connectivity index is 1.35. The molecule has 34 heavy (non-hydrogen) atoms. The van der Waals surface area contributed by atoms with Crippen LogP contribution in [0.5, 0.6) is 0 Å². The van der Waals surface area contributed by atoms with Gasteiger partial charge in [0, 0.05) is 29.2 Å². The van der Waals surface area contributed by atoms with E-state index in [2.05, 4.69) is 20.0 Å². The number of hydrogen-bond acceptors (Lipinski definition) is 5. The van der Waals surface area contributed by atoms with Gasteiger partial charge in [0.05, 0.1) is 6.04 Å². The van der Waals surface area contributed by atoms with Crippen LogP contribution < -0.4 is 10.6 Å². The van der Waals surface area contributed by atoms with E-state index in [1.807, 2.05) is 42.5 Å². The van der Waals surface area contributed by atoms with Crippen LogP contribution in [0.3, 0.4) is 0 Å². The minimum atomic E-state index is -3.71. The van der Waals surface area contributed by atoms with Gasteiger partial charge in [-0.05, 0) is 59.7 Å². The molecule has 0 saturated heterocycles. The van der Waals surface area contributed by atoms with Crippen LogP contribution in [0.15, 0.2) is 113 Å². The average molecular weight is 469 g/mol. The quantitative estimate of drug-likeness (QED) is 0.458. The SMILES string of the molecule is O=C(NC(c1ccccc1)c1ccncc1)c1ccc(NC2=NS(=O)(=O)c3ccccc32)cc1. The van der Waals surface area contributed by atoms with E-state index in [-0.39, 0.29) is 22.7 Å². The molecule has 1 atom stereocenters. The molecule has 0 saturated carbocycles. The Hall–Kier alpha value is -4.30. The third kappa shape index (κ3) is 4.31. The minimum absolute atomic E-state index is 0.177. The summed E-state index contributed by atoms with van der Waals surface area (Å²) < 4.78 is 28.3. The third-order valence-corrected chi connectivity index (χ3v) is 6.82. The molecule has 0 radical (unpaired) electrons. The molecule has 7 nitrogen and oxygen atoms in total. The molecule has 3 aromatic carbocycles. The van der Waals surface area contributed by atoms with Crippen LogP contribution in [0.4, 0.5) is 5.69 Å². The summed E-state index contributed by atoms with van der Waals surface area (Å²) in [6.07, 6.45) is 3.39. The number of amides is 1. The number of pyridine rings is 1. The van der Waals surface area contributed by atoms with Gasteiger partial charge in [-0.25, -0.2) is 0 Å². The Morgan fingerprint density at radius 1 is 0.765 bits per heavy atom. The molecule has 1 aliphatic rings. The fraction of sp³-hybridized carbons (Fsp3) is 0.0385. The fourth-order valence-corrected chi connectivity index (χ4v) is 4.99. The topological polar surface area (TPSA) is 101 Å². The first-order valence-electron chi connectivity index (χ1n) is 10.6. The summed E-state index contributed by atoms with van der Waals surface area (Å²) in [5, 5.41) is 6.14. The van der Waals surface area contributed by atoms with Crippen LogP contribution in [0, 0.1) is 0 Å². The second-order valence-corrected chi connectivity index (χ2v) is 9.28. The molecular formula is C26H20N4O3S. The lowest BCUT2D eigenvalue weighted by Gasteiger charge is -2.20. The standard InChI is InChI=1S/C26H20N4O3S/c31-26(29-24(18-6-2-1-3-7-18)19-14-16-27-17-15-19)20-10-12-21(13-11-20)28-25-22-8-4-5-9-23(22)34(32,33)30-25/h1-17,24H,(H,28,30)(H,29,31). The lowest BCUT2D eigenvalue weighted by Crippen LogP contribution is -2.29. The van der Waals surface area contributed by atoms with Crippen molar-refractivity contribution in [3.8, 4) is 0 Å². The van der Waals surface area contributed by atoms with Gasteiger partial charge in [0.25, 0.3) is 15.9 Å². The summed E-state index contributed by atoms with van der Waals surface area (Å²) >= 11 is 0. The number of anilines is 1. The molecular weight excluding hydrogens is 448 g/mol. The van der Waals surface area contributed by atoms with E-state index >= 15 is 0 Å². The number of rotatable bonds is 5. The van der Waals surface area contributed by atoms with Crippen molar-refractivity contribution in [2.24, 2.45) is 4.40 Å². The molecule has 0 spiro atoms. The summed E-state index contributed by atoms with van der Waals surface area (Å²) in [6, 6.07) is 26.6. The zero-order chi connectivity index (χ0) is 23.5. The van der Waals surface area contributed by atoms with Gasteiger partial charge in [-0.1, -0.05) is 42.5 Å². The van der Waals surface area contributed by atoms with Crippen molar-refractivity contribution in [3.63, 3.8) is 0 Å². The number of fused-ring (bicyclic) bond motifs is 1. The van der Waals surface area contributed by atoms with Crippen LogP contribution >= 0.6 is 0 Å². The van der Waals surface area contributed by atoms with Crippen LogP contribution in [0.1, 0.15) is 33.1 Å². The van der Waals surface area contributed by atoms with Crippen molar-refractivity contribution in [2.75, 3.05) is 5.32 Å². The maximum Gasteiger partial charge on any atom is 0.285 e. The number of aromatic nitrogens is 1. The van der Waals surface area contributed by atoms with Crippen LogP contribution in [-0.4, -0.2) is 25.1 Å². The molecule has 4 aromatic rings. The van der Waals surface area contributed by atoms with Gasteiger partial charge in [0.2, 0.25) is 0 Å². The molecule has 1 aromatic heterocycles. The minimum Gasteiger partial charge on any atom is -0.341 e. The molecule has 0 fully saturated rings. The monoisotopic (exact) mass is 468 g/mol. The van der Waals surface area contributed by atoms with E-state index in [0.29, 0.717) is 16.8 Å². The molecule has 0 bridgehead atoms. The van der Waals surface area contributed by atoms with Crippen molar-refractivity contribution in [3.05, 3.63) is 126 Å². The molecule has 5 rings (SSSR count). The Bertz CT molecular complexity index is 1430. The number of carbonyl (C=O) groups excluding carboxylic acids is 1. The molecule has 1 aliphatic heterocycles. The number of nitrogens with one attached hydrogen (secondary N) is 2. The molecule has 2 N–H and O–H groups in total. The molecule has 2 heterocycles. The van der Waals surface area contributed by atoms with Crippen molar-refractivity contribution < 1.29 is 13.2 Å². The van der Waals surface area contributed by atoms with Gasteiger partial charge in [0.15, 0.2) is 5.84 Å². The van der Waals surface area contributed by atoms with Gasteiger partial charge in [0.1, 0.15) is 4.90 Å². The first-order valence-corrected chi connectivity index (χ1v) is 12.0. The second kappa shape index (κ2) is 8.92. The predicted octanol–water partition coefficient (Wildman–Crippen LogP) is 4.16. The van der Waals surface area contributed by atoms with Crippen LogP contribution in [0.2, 0.25) is 0 Å². The molecule has 1 unspecified atom stereocenters. The molecule has 168 valence electrons. The zero-order valence-electron chi connectivity index (χ0n) is 17.9. The summed E-state index contributed by atoms with van der Waals surface area (Å²) in [4.78, 5) is 17.3. The lowest BCUT2D eigenvalue weighted by molar-refractivity contribution is 0.0943. The van der Waals surface area contributed by atoms with Crippen LogP contribution in [0.25, 0.3) is 0 Å². The van der Waals surface area contributed by atoms with Gasteiger partial charge < -0.3 is 10.6 Å². The highest BCUT2D eigenvalue weighted by Crippen LogP contribution is 2.27. The summed E-state index contributed by atoms with van der Waals surface area (Å²) in [5.74, 6) is 0.0259. The molecule has 1 amide bonds. The smallest absolute Gasteiger partial charge is 0.285 e. The van der Waals surface area contributed by atoms with E-state index in [1.54, 1.807) is 54.9 Å². The Morgan fingerprint density at radius 3 is 2.15 bits per heavy atom. The van der Waals surface area contributed by atoms with Crippen molar-refractivity contribution in [1.82, 2.24) is 10.3 Å². The van der Waals surface area contributed by atoms with E-state index in [9.17, 15) is 13.2 Å². The first kappa shape index (κ1) is 21.5. The Labute approximate surface area is 197 Å². The van der Waals surface area contributed by atoms with E-state index < -0.39 is 10.0 Å². The Morgan fingerprint density at radius 2 is 1.41 bits per heavy atom. The molecule has 8 heteroatoms. The number of sulfonamides is 1. The summed E-state index contributed by atoms with van der Waals surface area (Å²) in [7, 11) is -3.71. The number of hydrogen-bond donors (Lipinski definition) is 2. The average Bonchev–Trinajstić information content (AvgIpc) is 3.13. The van der Waals surface area contributed by atoms with Crippen LogP contribution in [-0.2, 0) is 10.0 Å². The molecule has 0 aliphatic carbocycles. The maximum atomic E-state index is 13.1. The van der Waals surface area contributed by atoms with E-state index in [4.69, 9.17) is 0 Å². The number of carbonyl (C=O) groups is 1. The Kier molecular flexibility index (Phi) is 5.65. The number of nitrogens with zero attached hydrogens (tertiary/aromatic N) is 2. The number of benzene rings is 3. The van der Waals surface area contributed by atoms with Crippen molar-refractivity contribution in [1.29, 1.82) is 0 Å². The van der Waals surface area contributed by atoms with Gasteiger partial charge in [-0.2, -0.15) is 8.42 Å².